The number of imide groups is 1. The van der Waals surface area contributed by atoms with Crippen LogP contribution in [0.2, 0.25) is 0 Å². The number of allylic oxidation sites excluding steroid dienone is 7. The first kappa shape index (κ1) is 19.2. The maximum Gasteiger partial charge on any atom is 0.436 e. The molecule has 1 aliphatic heterocycles. The highest BCUT2D eigenvalue weighted by Crippen LogP contribution is 2.18. The Labute approximate surface area is 141 Å². The van der Waals surface area contributed by atoms with E-state index in [1.54, 1.807) is 19.1 Å². The molecule has 0 aromatic heterocycles. The molecule has 3 amide bonds. The van der Waals surface area contributed by atoms with Gasteiger partial charge in [0.1, 0.15) is 0 Å². The van der Waals surface area contributed by atoms with Crippen LogP contribution in [0, 0.1) is 0 Å². The molecule has 1 saturated heterocycles. The molecule has 6 heteroatoms. The summed E-state index contributed by atoms with van der Waals surface area (Å²) in [7, 11) is 0. The van der Waals surface area contributed by atoms with Gasteiger partial charge in [0.15, 0.2) is 0 Å². The summed E-state index contributed by atoms with van der Waals surface area (Å²) in [6, 6.07) is 0. The second-order valence-electron chi connectivity index (χ2n) is 4.86. The predicted octanol–water partition coefficient (Wildman–Crippen LogP) is 3.32. The molecule has 0 bridgehead atoms. The lowest BCUT2D eigenvalue weighted by Crippen LogP contribution is -2.37. The van der Waals surface area contributed by atoms with Crippen LogP contribution in [0.15, 0.2) is 59.9 Å². The van der Waals surface area contributed by atoms with Crippen LogP contribution >= 0.6 is 0 Å². The first-order valence-electron chi connectivity index (χ1n) is 7.62. The van der Waals surface area contributed by atoms with Gasteiger partial charge in [-0.2, -0.15) is 0 Å². The van der Waals surface area contributed by atoms with Crippen molar-refractivity contribution in [1.82, 2.24) is 10.4 Å². The van der Waals surface area contributed by atoms with Crippen molar-refractivity contribution < 1.29 is 19.2 Å². The molecule has 1 aliphatic rings. The van der Waals surface area contributed by atoms with Crippen LogP contribution in [-0.4, -0.2) is 23.0 Å². The Hall–Kier alpha value is -2.89. The third-order valence-corrected chi connectivity index (χ3v) is 3.21. The Morgan fingerprint density at radius 2 is 1.71 bits per heavy atom. The number of hydrogen-bond acceptors (Lipinski definition) is 4. The molecule has 0 aromatic rings. The Bertz CT molecular complexity index is 638. The van der Waals surface area contributed by atoms with Gasteiger partial charge in [0, 0.05) is 24.1 Å². The first-order valence-corrected chi connectivity index (χ1v) is 7.62. The summed E-state index contributed by atoms with van der Waals surface area (Å²) in [4.78, 5) is 39.8. The largest absolute Gasteiger partial charge is 0.436 e. The zero-order valence-electron chi connectivity index (χ0n) is 14.2. The van der Waals surface area contributed by atoms with E-state index in [0.717, 1.165) is 11.1 Å². The third kappa shape index (κ3) is 4.81. The number of carbonyl (C=O) groups is 3. The lowest BCUT2D eigenvalue weighted by molar-refractivity contribution is -0.171. The summed E-state index contributed by atoms with van der Waals surface area (Å²) in [6.45, 7) is 9.25. The van der Waals surface area contributed by atoms with Gasteiger partial charge < -0.3 is 4.84 Å². The molecule has 0 saturated carbocycles. The van der Waals surface area contributed by atoms with E-state index in [9.17, 15) is 14.4 Å². The van der Waals surface area contributed by atoms with Crippen LogP contribution in [0.1, 0.15) is 33.6 Å². The van der Waals surface area contributed by atoms with E-state index in [4.69, 9.17) is 4.84 Å². The van der Waals surface area contributed by atoms with Crippen LogP contribution in [0.3, 0.4) is 0 Å². The van der Waals surface area contributed by atoms with Crippen LogP contribution in [0.25, 0.3) is 0 Å². The molecule has 24 heavy (non-hydrogen) atoms. The van der Waals surface area contributed by atoms with Crippen molar-refractivity contribution in [2.75, 3.05) is 0 Å². The standard InChI is InChI=1S/C18H22N2O4/c1-5-9-13(7-3)14(10-6-2)15(8-4)19-18(23)24-20-16(21)11-12-17(20)22/h5-10H,3,11-12H2,1-2,4H3,(H,19,23)/b9-5-,10-6-,14-13+,15-8+. The molecule has 128 valence electrons. The lowest BCUT2D eigenvalue weighted by Gasteiger charge is -2.16. The van der Waals surface area contributed by atoms with E-state index in [2.05, 4.69) is 11.9 Å². The number of carbonyl (C=O) groups excluding carboxylic acids is 3. The Morgan fingerprint density at radius 1 is 1.12 bits per heavy atom. The minimum Gasteiger partial charge on any atom is -0.311 e. The zero-order chi connectivity index (χ0) is 18.1. The van der Waals surface area contributed by atoms with Crippen molar-refractivity contribution in [3.8, 4) is 0 Å². The van der Waals surface area contributed by atoms with Crippen LogP contribution in [0.4, 0.5) is 4.79 Å². The number of rotatable bonds is 6. The summed E-state index contributed by atoms with van der Waals surface area (Å²) in [5, 5.41) is 3.06. The van der Waals surface area contributed by atoms with Crippen molar-refractivity contribution in [2.45, 2.75) is 33.6 Å². The third-order valence-electron chi connectivity index (χ3n) is 3.21. The van der Waals surface area contributed by atoms with Crippen molar-refractivity contribution in [3.63, 3.8) is 0 Å². The second-order valence-corrected chi connectivity index (χ2v) is 4.86. The minimum absolute atomic E-state index is 0.0498. The van der Waals surface area contributed by atoms with E-state index in [1.165, 1.54) is 0 Å². The van der Waals surface area contributed by atoms with Crippen molar-refractivity contribution in [3.05, 3.63) is 59.9 Å². The molecule has 0 aromatic carbocycles. The number of nitrogens with one attached hydrogen (secondary N) is 1. The molecule has 0 aliphatic carbocycles. The van der Waals surface area contributed by atoms with Crippen molar-refractivity contribution in [2.24, 2.45) is 0 Å². The number of hydroxylamine groups is 2. The van der Waals surface area contributed by atoms with Gasteiger partial charge in [0.2, 0.25) is 0 Å². The van der Waals surface area contributed by atoms with E-state index in [1.807, 2.05) is 38.2 Å². The molecule has 1 fully saturated rings. The van der Waals surface area contributed by atoms with Crippen molar-refractivity contribution in [1.29, 1.82) is 0 Å². The number of hydrogen-bond donors (Lipinski definition) is 1. The van der Waals surface area contributed by atoms with E-state index < -0.39 is 17.9 Å². The van der Waals surface area contributed by atoms with Crippen molar-refractivity contribution >= 4 is 17.9 Å². The Morgan fingerprint density at radius 3 is 2.17 bits per heavy atom. The highest BCUT2D eigenvalue weighted by atomic mass is 16.7. The van der Waals surface area contributed by atoms with Gasteiger partial charge >= 0.3 is 6.09 Å². The van der Waals surface area contributed by atoms with E-state index in [-0.39, 0.29) is 12.8 Å². The van der Waals surface area contributed by atoms with Gasteiger partial charge in [-0.15, -0.1) is 5.06 Å². The number of amides is 3. The highest BCUT2D eigenvalue weighted by molar-refractivity contribution is 6.01. The molecule has 0 atom stereocenters. The topological polar surface area (TPSA) is 75.7 Å². The molecular weight excluding hydrogens is 308 g/mol. The first-order chi connectivity index (χ1) is 11.5. The summed E-state index contributed by atoms with van der Waals surface area (Å²) >= 11 is 0. The van der Waals surface area contributed by atoms with Crippen LogP contribution in [0.5, 0.6) is 0 Å². The fourth-order valence-corrected chi connectivity index (χ4v) is 2.12. The molecule has 0 spiro atoms. The van der Waals surface area contributed by atoms with Gasteiger partial charge in [-0.3, -0.25) is 14.9 Å². The smallest absolute Gasteiger partial charge is 0.311 e. The normalized spacial score (nSPS) is 16.8. The second kappa shape index (κ2) is 9.29. The quantitative estimate of drug-likeness (QED) is 0.599. The summed E-state index contributed by atoms with van der Waals surface area (Å²) in [5.41, 5.74) is 2.01. The molecule has 6 nitrogen and oxygen atoms in total. The van der Waals surface area contributed by atoms with Gasteiger partial charge in [-0.05, 0) is 26.3 Å². The molecule has 1 N–H and O–H groups in total. The van der Waals surface area contributed by atoms with Crippen LogP contribution < -0.4 is 5.32 Å². The maximum atomic E-state index is 12.0. The Kier molecular flexibility index (Phi) is 7.42. The number of nitrogens with zero attached hydrogens (tertiary/aromatic N) is 1. The van der Waals surface area contributed by atoms with E-state index >= 15 is 0 Å². The fraction of sp³-hybridized carbons (Fsp3) is 0.278. The molecule has 1 heterocycles. The fourth-order valence-electron chi connectivity index (χ4n) is 2.12. The van der Waals surface area contributed by atoms with Crippen LogP contribution in [-0.2, 0) is 14.4 Å². The summed E-state index contributed by atoms with van der Waals surface area (Å²) < 4.78 is 0. The molecular formula is C18H22N2O4. The average molecular weight is 330 g/mol. The predicted molar refractivity (Wildman–Crippen MR) is 91.3 cm³/mol. The maximum absolute atomic E-state index is 12.0. The monoisotopic (exact) mass is 330 g/mol. The molecule has 0 unspecified atom stereocenters. The highest BCUT2D eigenvalue weighted by Gasteiger charge is 2.33. The lowest BCUT2D eigenvalue weighted by atomic mass is 10.0. The summed E-state index contributed by atoms with van der Waals surface area (Å²) in [5.74, 6) is -1.05. The van der Waals surface area contributed by atoms with Gasteiger partial charge in [-0.1, -0.05) is 43.0 Å². The Balaban J connectivity index is 2.99. The van der Waals surface area contributed by atoms with Gasteiger partial charge in [0.25, 0.3) is 11.8 Å². The van der Waals surface area contributed by atoms with Gasteiger partial charge in [-0.25, -0.2) is 4.79 Å². The van der Waals surface area contributed by atoms with Gasteiger partial charge in [0.05, 0.1) is 0 Å². The summed E-state index contributed by atoms with van der Waals surface area (Å²) in [6.07, 6.45) is 9.90. The SMILES string of the molecule is C=CC(/C=C\C)=C(/C=C\C)C(=C/C)\NC(=O)ON1C(=O)CCC1=O. The van der Waals surface area contributed by atoms with E-state index in [0.29, 0.717) is 10.8 Å². The average Bonchev–Trinajstić information content (AvgIpc) is 2.88. The molecule has 1 rings (SSSR count). The molecule has 0 radical (unpaired) electrons. The minimum atomic E-state index is -0.905. The zero-order valence-corrected chi connectivity index (χ0v) is 14.2.